The number of likely N-dealkylation sites (tertiary alicyclic amines) is 1. The molecule has 13 nitrogen and oxygen atoms in total. The molecule has 20 heteroatoms. The molecule has 0 spiro atoms. The first-order valence-corrected chi connectivity index (χ1v) is 21.0. The standard InChI is InChI=1S/C33H38F4N4O9S3/c1-52(43,44)50-27-7-3-5-21-16-48-33(49-17-24(21)27)26-18-51-32(38-26)19-8-11-40(12-9-19)28(42)15-41-13-10-25(39-41)29(53(45,46)47)22-6-2-4-20(30(34)35)14-23(22)31(36)37/h2-5,7,10,13,18-20,22-23,29-31,33H,6,8-9,11-12,14-17H2,1H3,(H,45,46,47). The van der Waals surface area contributed by atoms with Crippen LogP contribution in [0.15, 0.2) is 48.0 Å². The van der Waals surface area contributed by atoms with E-state index in [1.165, 1.54) is 34.4 Å². The number of fused-ring (bicyclic) bond motifs is 1. The van der Waals surface area contributed by atoms with Gasteiger partial charge in [0.15, 0.2) is 0 Å². The van der Waals surface area contributed by atoms with Crippen molar-refractivity contribution in [3.8, 4) is 5.75 Å². The molecule has 5 unspecified atom stereocenters. The second kappa shape index (κ2) is 16.1. The smallest absolute Gasteiger partial charge is 0.306 e. The van der Waals surface area contributed by atoms with Gasteiger partial charge >= 0.3 is 10.1 Å². The monoisotopic (exact) mass is 806 g/mol. The molecule has 53 heavy (non-hydrogen) atoms. The predicted molar refractivity (Wildman–Crippen MR) is 182 cm³/mol. The Kier molecular flexibility index (Phi) is 11.9. The third-order valence-electron chi connectivity index (χ3n) is 9.71. The summed E-state index contributed by atoms with van der Waals surface area (Å²) in [6.45, 7) is 0.702. The number of allylic oxidation sites excluding steroid dienone is 2. The van der Waals surface area contributed by atoms with E-state index in [0.717, 1.165) is 22.9 Å². The molecule has 3 aromatic rings. The maximum Gasteiger partial charge on any atom is 0.306 e. The van der Waals surface area contributed by atoms with Gasteiger partial charge in [-0.2, -0.15) is 21.9 Å². The highest BCUT2D eigenvalue weighted by atomic mass is 32.2. The van der Waals surface area contributed by atoms with Crippen molar-refractivity contribution in [2.24, 2.45) is 17.8 Å². The summed E-state index contributed by atoms with van der Waals surface area (Å²) in [5.74, 6) is -4.76. The zero-order valence-corrected chi connectivity index (χ0v) is 30.8. The lowest BCUT2D eigenvalue weighted by Crippen LogP contribution is -2.39. The summed E-state index contributed by atoms with van der Waals surface area (Å²) in [7, 11) is -8.75. The van der Waals surface area contributed by atoms with E-state index in [1.807, 2.05) is 5.38 Å². The van der Waals surface area contributed by atoms with E-state index in [-0.39, 0.29) is 49.4 Å². The Balaban J connectivity index is 1.05. The van der Waals surface area contributed by atoms with Gasteiger partial charge in [0.25, 0.3) is 10.1 Å². The Morgan fingerprint density at radius 2 is 1.79 bits per heavy atom. The normalized spacial score (nSPS) is 23.8. The van der Waals surface area contributed by atoms with Crippen LogP contribution >= 0.6 is 11.3 Å². The first-order valence-electron chi connectivity index (χ1n) is 16.8. The number of aromatic nitrogens is 3. The fourth-order valence-electron chi connectivity index (χ4n) is 7.09. The maximum absolute atomic E-state index is 14.1. The average molecular weight is 807 g/mol. The van der Waals surface area contributed by atoms with Crippen molar-refractivity contribution in [2.45, 2.75) is 75.8 Å². The van der Waals surface area contributed by atoms with E-state index < -0.39 is 68.8 Å². The third-order valence-corrected chi connectivity index (χ3v) is 12.5. The Bertz CT molecular complexity index is 2020. The molecule has 0 saturated carbocycles. The van der Waals surface area contributed by atoms with Crippen molar-refractivity contribution in [3.63, 3.8) is 0 Å². The molecule has 3 aliphatic rings. The summed E-state index contributed by atoms with van der Waals surface area (Å²) < 4.78 is 132. The van der Waals surface area contributed by atoms with Crippen molar-refractivity contribution in [1.29, 1.82) is 0 Å². The van der Waals surface area contributed by atoms with Gasteiger partial charge in [0.05, 0.1) is 30.2 Å². The summed E-state index contributed by atoms with van der Waals surface area (Å²) in [6, 6.07) is 6.25. The lowest BCUT2D eigenvalue weighted by atomic mass is 9.82. The van der Waals surface area contributed by atoms with Crippen LogP contribution in [0.1, 0.15) is 70.7 Å². The number of halogens is 4. The largest absolute Gasteiger partial charge is 0.382 e. The van der Waals surface area contributed by atoms with Crippen molar-refractivity contribution >= 4 is 37.5 Å². The Morgan fingerprint density at radius 1 is 1.06 bits per heavy atom. The summed E-state index contributed by atoms with van der Waals surface area (Å²) >= 11 is 1.44. The number of hydrogen-bond donors (Lipinski definition) is 1. The molecule has 4 heterocycles. The van der Waals surface area contributed by atoms with Crippen molar-refractivity contribution < 1.29 is 57.4 Å². The van der Waals surface area contributed by atoms with Crippen LogP contribution in [-0.4, -0.2) is 79.2 Å². The number of benzene rings is 1. The van der Waals surface area contributed by atoms with Gasteiger partial charge in [0.2, 0.25) is 25.0 Å². The Labute approximate surface area is 307 Å². The van der Waals surface area contributed by atoms with Gasteiger partial charge in [-0.1, -0.05) is 24.3 Å². The molecule has 290 valence electrons. The minimum atomic E-state index is -5.01. The molecule has 1 aromatic carbocycles. The highest BCUT2D eigenvalue weighted by molar-refractivity contribution is 7.86. The lowest BCUT2D eigenvalue weighted by Gasteiger charge is -2.31. The lowest BCUT2D eigenvalue weighted by molar-refractivity contribution is -0.155. The van der Waals surface area contributed by atoms with Crippen LogP contribution in [0, 0.1) is 17.8 Å². The van der Waals surface area contributed by atoms with Gasteiger partial charge in [-0.05, 0) is 49.3 Å². The topological polar surface area (TPSA) is 167 Å². The number of carbonyl (C=O) groups is 1. The maximum atomic E-state index is 14.1. The number of amides is 1. The van der Waals surface area contributed by atoms with Crippen molar-refractivity contribution in [3.05, 3.63) is 75.5 Å². The zero-order valence-electron chi connectivity index (χ0n) is 28.3. The van der Waals surface area contributed by atoms with Crippen LogP contribution < -0.4 is 4.18 Å². The number of carbonyl (C=O) groups excluding carboxylic acids is 1. The van der Waals surface area contributed by atoms with E-state index in [4.69, 9.17) is 18.6 Å². The number of piperidine rings is 1. The minimum Gasteiger partial charge on any atom is -0.382 e. The second-order valence-corrected chi connectivity index (χ2v) is 17.3. The molecule has 6 rings (SSSR count). The van der Waals surface area contributed by atoms with Crippen LogP contribution in [-0.2, 0) is 54.3 Å². The van der Waals surface area contributed by atoms with E-state index in [0.29, 0.717) is 37.2 Å². The molecule has 1 saturated heterocycles. The van der Waals surface area contributed by atoms with E-state index in [1.54, 1.807) is 23.1 Å². The van der Waals surface area contributed by atoms with Crippen LogP contribution in [0.2, 0.25) is 0 Å². The number of thiazole rings is 1. The molecule has 1 amide bonds. The van der Waals surface area contributed by atoms with Crippen LogP contribution in [0.3, 0.4) is 0 Å². The first kappa shape index (κ1) is 39.3. The van der Waals surface area contributed by atoms with Crippen LogP contribution in [0.25, 0.3) is 0 Å². The van der Waals surface area contributed by atoms with Gasteiger partial charge in [-0.15, -0.1) is 11.3 Å². The van der Waals surface area contributed by atoms with E-state index >= 15 is 0 Å². The molecule has 1 fully saturated rings. The molecule has 5 atom stereocenters. The van der Waals surface area contributed by atoms with Gasteiger partial charge in [-0.3, -0.25) is 14.0 Å². The van der Waals surface area contributed by atoms with Gasteiger partial charge in [0, 0.05) is 48.0 Å². The second-order valence-electron chi connectivity index (χ2n) is 13.3. The quantitative estimate of drug-likeness (QED) is 0.113. The average Bonchev–Trinajstić information content (AvgIpc) is 3.62. The summed E-state index contributed by atoms with van der Waals surface area (Å²) in [4.78, 5) is 19.6. The fraction of sp³-hybridized carbons (Fsp3) is 0.545. The summed E-state index contributed by atoms with van der Waals surface area (Å²) in [5, 5.41) is 4.93. The molecule has 0 radical (unpaired) electrons. The fourth-order valence-corrected chi connectivity index (χ4v) is 9.75. The van der Waals surface area contributed by atoms with Gasteiger partial charge in [-0.25, -0.2) is 22.5 Å². The summed E-state index contributed by atoms with van der Waals surface area (Å²) in [5.41, 5.74) is 1.60. The number of rotatable bonds is 11. The summed E-state index contributed by atoms with van der Waals surface area (Å²) in [6.07, 6.45) is -1.96. The first-order chi connectivity index (χ1) is 25.1. The number of nitrogens with zero attached hydrogens (tertiary/aromatic N) is 4. The molecular weight excluding hydrogens is 769 g/mol. The van der Waals surface area contributed by atoms with E-state index in [2.05, 4.69) is 5.10 Å². The Hall–Kier alpha value is -3.43. The SMILES string of the molecule is CS(=O)(=O)Oc1cccc2c1COC(c1csc(C3CCN(C(=O)Cn4ccc(C(C5CC=CC(C(F)F)CC5C(F)F)S(=O)(=O)O)n4)CC3)n1)OC2. The van der Waals surface area contributed by atoms with Gasteiger partial charge < -0.3 is 18.6 Å². The van der Waals surface area contributed by atoms with Crippen LogP contribution in [0.5, 0.6) is 5.75 Å². The Morgan fingerprint density at radius 3 is 2.47 bits per heavy atom. The molecular formula is C33H38F4N4O9S3. The highest BCUT2D eigenvalue weighted by Gasteiger charge is 2.45. The molecule has 1 aliphatic carbocycles. The van der Waals surface area contributed by atoms with Gasteiger partial charge in [0.1, 0.15) is 23.2 Å². The molecule has 1 N–H and O–H groups in total. The predicted octanol–water partition coefficient (Wildman–Crippen LogP) is 5.49. The molecule has 2 aliphatic heterocycles. The third kappa shape index (κ3) is 9.45. The highest BCUT2D eigenvalue weighted by Crippen LogP contribution is 2.44. The minimum absolute atomic E-state index is 0.0448. The molecule has 0 bridgehead atoms. The van der Waals surface area contributed by atoms with Crippen molar-refractivity contribution in [1.82, 2.24) is 19.7 Å². The van der Waals surface area contributed by atoms with E-state index in [9.17, 15) is 43.7 Å². The number of alkyl halides is 4. The van der Waals surface area contributed by atoms with Crippen LogP contribution in [0.4, 0.5) is 17.6 Å². The number of ether oxygens (including phenoxy) is 2. The molecule has 2 aromatic heterocycles. The number of hydrogen-bond acceptors (Lipinski definition) is 11. The van der Waals surface area contributed by atoms with Crippen molar-refractivity contribution in [2.75, 3.05) is 19.3 Å². The zero-order chi connectivity index (χ0) is 38.1.